The molecule has 0 aliphatic rings. The molecule has 2 aromatic rings. The summed E-state index contributed by atoms with van der Waals surface area (Å²) in [5.41, 5.74) is 8.46. The van der Waals surface area contributed by atoms with Gasteiger partial charge in [-0.3, -0.25) is 4.90 Å². The van der Waals surface area contributed by atoms with Crippen LogP contribution in [0.2, 0.25) is 0 Å². The molecular formula is C21H32N4O. The van der Waals surface area contributed by atoms with Gasteiger partial charge >= 0.3 is 0 Å². The quantitative estimate of drug-likeness (QED) is 0.364. The summed E-state index contributed by atoms with van der Waals surface area (Å²) in [6, 6.07) is 12.3. The van der Waals surface area contributed by atoms with E-state index < -0.39 is 0 Å². The lowest BCUT2D eigenvalue weighted by atomic mass is 10.1. The van der Waals surface area contributed by atoms with Crippen molar-refractivity contribution >= 4 is 5.96 Å². The number of benzene rings is 1. The molecule has 0 unspecified atom stereocenters. The van der Waals surface area contributed by atoms with E-state index in [1.54, 1.807) is 6.26 Å². The summed E-state index contributed by atoms with van der Waals surface area (Å²) in [6.07, 6.45) is 6.61. The van der Waals surface area contributed by atoms with E-state index in [1.165, 1.54) is 30.4 Å². The second kappa shape index (κ2) is 11.4. The number of guanidine groups is 1. The van der Waals surface area contributed by atoms with Crippen molar-refractivity contribution in [1.29, 1.82) is 0 Å². The molecule has 2 rings (SSSR count). The number of nitrogens with zero attached hydrogens (tertiary/aromatic N) is 2. The highest BCUT2D eigenvalue weighted by atomic mass is 16.3. The largest absolute Gasteiger partial charge is 0.468 e. The lowest BCUT2D eigenvalue weighted by Crippen LogP contribution is -2.32. The van der Waals surface area contributed by atoms with Gasteiger partial charge in [-0.25, -0.2) is 4.99 Å². The molecule has 3 N–H and O–H groups in total. The van der Waals surface area contributed by atoms with E-state index in [0.717, 1.165) is 31.8 Å². The molecule has 1 heterocycles. The first kappa shape index (κ1) is 20.0. The third-order valence-corrected chi connectivity index (χ3v) is 4.32. The Bertz CT molecular complexity index is 652. The fraction of sp³-hybridized carbons (Fsp3) is 0.476. The maximum Gasteiger partial charge on any atom is 0.188 e. The Morgan fingerprint density at radius 1 is 1.08 bits per heavy atom. The number of nitrogens with two attached hydrogens (primary N) is 1. The lowest BCUT2D eigenvalue weighted by Gasteiger charge is -2.17. The van der Waals surface area contributed by atoms with Crippen molar-refractivity contribution in [2.75, 3.05) is 13.6 Å². The molecule has 0 amide bonds. The van der Waals surface area contributed by atoms with Crippen LogP contribution in [0.1, 0.15) is 49.5 Å². The molecule has 0 radical (unpaired) electrons. The van der Waals surface area contributed by atoms with Crippen LogP contribution in [-0.4, -0.2) is 24.5 Å². The maximum absolute atomic E-state index is 5.99. The van der Waals surface area contributed by atoms with E-state index in [4.69, 9.17) is 10.2 Å². The van der Waals surface area contributed by atoms with E-state index in [9.17, 15) is 0 Å². The number of nitrogens with one attached hydrogen (secondary N) is 1. The first-order chi connectivity index (χ1) is 12.7. The highest BCUT2D eigenvalue weighted by molar-refractivity contribution is 5.77. The zero-order valence-corrected chi connectivity index (χ0v) is 16.1. The lowest BCUT2D eigenvalue weighted by molar-refractivity contribution is 0.287. The fourth-order valence-electron chi connectivity index (χ4n) is 2.88. The van der Waals surface area contributed by atoms with Gasteiger partial charge in [0.05, 0.1) is 19.4 Å². The minimum Gasteiger partial charge on any atom is -0.468 e. The van der Waals surface area contributed by atoms with Crippen molar-refractivity contribution in [3.63, 3.8) is 0 Å². The number of rotatable bonds is 11. The summed E-state index contributed by atoms with van der Waals surface area (Å²) < 4.78 is 5.42. The molecule has 5 nitrogen and oxygen atoms in total. The van der Waals surface area contributed by atoms with Crippen molar-refractivity contribution in [2.24, 2.45) is 10.7 Å². The summed E-state index contributed by atoms with van der Waals surface area (Å²) >= 11 is 0. The SMILES string of the molecule is CCCCCCNC(N)=NCc1ccccc1CN(C)Cc1ccco1. The molecule has 0 atom stereocenters. The highest BCUT2D eigenvalue weighted by Crippen LogP contribution is 2.14. The standard InChI is InChI=1S/C21H32N4O/c1-3-4-5-8-13-23-21(22)24-15-18-10-6-7-11-19(18)16-25(2)17-20-12-9-14-26-20/h6-7,9-12,14H,3-5,8,13,15-17H2,1-2H3,(H3,22,23,24). The van der Waals surface area contributed by atoms with E-state index in [-0.39, 0.29) is 0 Å². The average Bonchev–Trinajstić information content (AvgIpc) is 3.13. The molecule has 1 aromatic heterocycles. The topological polar surface area (TPSA) is 66.8 Å². The molecule has 0 bridgehead atoms. The van der Waals surface area contributed by atoms with Crippen molar-refractivity contribution in [2.45, 2.75) is 52.2 Å². The van der Waals surface area contributed by atoms with Gasteiger partial charge in [-0.2, -0.15) is 0 Å². The van der Waals surface area contributed by atoms with Crippen LogP contribution in [0, 0.1) is 0 Å². The Balaban J connectivity index is 1.84. The number of furan rings is 1. The van der Waals surface area contributed by atoms with Gasteiger partial charge in [-0.15, -0.1) is 0 Å². The van der Waals surface area contributed by atoms with Gasteiger partial charge in [0, 0.05) is 13.1 Å². The molecule has 0 aliphatic heterocycles. The first-order valence-corrected chi connectivity index (χ1v) is 9.50. The molecule has 142 valence electrons. The summed E-state index contributed by atoms with van der Waals surface area (Å²) in [4.78, 5) is 6.74. The first-order valence-electron chi connectivity index (χ1n) is 9.50. The molecule has 1 aromatic carbocycles. The van der Waals surface area contributed by atoms with Crippen molar-refractivity contribution in [3.8, 4) is 0 Å². The maximum atomic E-state index is 5.99. The minimum absolute atomic E-state index is 0.528. The van der Waals surface area contributed by atoms with E-state index >= 15 is 0 Å². The molecule has 0 saturated heterocycles. The third-order valence-electron chi connectivity index (χ3n) is 4.32. The Morgan fingerprint density at radius 2 is 1.88 bits per heavy atom. The normalized spacial score (nSPS) is 11.9. The van der Waals surface area contributed by atoms with Gasteiger partial charge in [0.15, 0.2) is 5.96 Å². The van der Waals surface area contributed by atoms with Crippen LogP contribution >= 0.6 is 0 Å². The number of hydrogen-bond acceptors (Lipinski definition) is 3. The summed E-state index contributed by atoms with van der Waals surface area (Å²) in [6.45, 7) is 5.33. The van der Waals surface area contributed by atoms with Gasteiger partial charge in [0.1, 0.15) is 5.76 Å². The predicted molar refractivity (Wildman–Crippen MR) is 108 cm³/mol. The van der Waals surface area contributed by atoms with Crippen LogP contribution in [-0.2, 0) is 19.6 Å². The Labute approximate surface area is 157 Å². The molecule has 0 spiro atoms. The second-order valence-electron chi connectivity index (χ2n) is 6.71. The van der Waals surface area contributed by atoms with Gasteiger partial charge < -0.3 is 15.5 Å². The molecular weight excluding hydrogens is 324 g/mol. The summed E-state index contributed by atoms with van der Waals surface area (Å²) in [7, 11) is 2.09. The van der Waals surface area contributed by atoms with Crippen molar-refractivity contribution < 1.29 is 4.42 Å². The van der Waals surface area contributed by atoms with Crippen LogP contribution in [0.25, 0.3) is 0 Å². The minimum atomic E-state index is 0.528. The van der Waals surface area contributed by atoms with Crippen molar-refractivity contribution in [3.05, 3.63) is 59.5 Å². The van der Waals surface area contributed by atoms with Gasteiger partial charge in [-0.05, 0) is 36.7 Å². The smallest absolute Gasteiger partial charge is 0.188 e. The van der Waals surface area contributed by atoms with E-state index in [0.29, 0.717) is 12.5 Å². The molecule has 0 saturated carbocycles. The fourth-order valence-corrected chi connectivity index (χ4v) is 2.88. The summed E-state index contributed by atoms with van der Waals surface area (Å²) in [5.74, 6) is 1.50. The number of aliphatic imine (C=N–C) groups is 1. The van der Waals surface area contributed by atoms with Gasteiger partial charge in [-0.1, -0.05) is 50.5 Å². The number of unbranched alkanes of at least 4 members (excludes halogenated alkanes) is 3. The van der Waals surface area contributed by atoms with E-state index in [1.807, 2.05) is 12.1 Å². The van der Waals surface area contributed by atoms with Crippen LogP contribution < -0.4 is 11.1 Å². The van der Waals surface area contributed by atoms with Crippen LogP contribution in [0.4, 0.5) is 0 Å². The molecule has 26 heavy (non-hydrogen) atoms. The average molecular weight is 357 g/mol. The molecule has 5 heteroatoms. The third kappa shape index (κ3) is 7.31. The molecule has 0 aliphatic carbocycles. The zero-order chi connectivity index (χ0) is 18.6. The Hall–Kier alpha value is -2.27. The van der Waals surface area contributed by atoms with Crippen molar-refractivity contribution in [1.82, 2.24) is 10.2 Å². The molecule has 0 fully saturated rings. The Morgan fingerprint density at radius 3 is 2.62 bits per heavy atom. The van der Waals surface area contributed by atoms with Gasteiger partial charge in [0.25, 0.3) is 0 Å². The van der Waals surface area contributed by atoms with Crippen LogP contribution in [0.15, 0.2) is 52.1 Å². The van der Waals surface area contributed by atoms with Gasteiger partial charge in [0.2, 0.25) is 0 Å². The monoisotopic (exact) mass is 356 g/mol. The highest BCUT2D eigenvalue weighted by Gasteiger charge is 2.07. The Kier molecular flexibility index (Phi) is 8.76. The van der Waals surface area contributed by atoms with Crippen LogP contribution in [0.3, 0.4) is 0 Å². The second-order valence-corrected chi connectivity index (χ2v) is 6.71. The number of hydrogen-bond donors (Lipinski definition) is 2. The predicted octanol–water partition coefficient (Wildman–Crippen LogP) is 3.90. The zero-order valence-electron chi connectivity index (χ0n) is 16.1. The summed E-state index contributed by atoms with van der Waals surface area (Å²) in [5, 5.41) is 3.21. The van der Waals surface area contributed by atoms with Crippen LogP contribution in [0.5, 0.6) is 0 Å². The van der Waals surface area contributed by atoms with E-state index in [2.05, 4.69) is 53.4 Å².